The summed E-state index contributed by atoms with van der Waals surface area (Å²) in [5.41, 5.74) is 1.08. The average Bonchev–Trinajstić information content (AvgIpc) is 2.55. The maximum absolute atomic E-state index is 10.6. The van der Waals surface area contributed by atoms with Crippen LogP contribution in [0.3, 0.4) is 0 Å². The molecule has 0 spiro atoms. The van der Waals surface area contributed by atoms with Crippen LogP contribution in [-0.4, -0.2) is 23.3 Å². The SMILES string of the molecule is OC1(CNC2CCC(c3ccccc3)CC2)CCCCC1. The average molecular weight is 287 g/mol. The molecule has 2 N–H and O–H groups in total. The van der Waals surface area contributed by atoms with E-state index in [0.717, 1.165) is 25.3 Å². The molecule has 2 aliphatic carbocycles. The molecule has 3 rings (SSSR count). The fourth-order valence-electron chi connectivity index (χ4n) is 4.08. The Morgan fingerprint density at radius 2 is 1.62 bits per heavy atom. The van der Waals surface area contributed by atoms with Crippen molar-refractivity contribution in [1.82, 2.24) is 5.32 Å². The zero-order valence-corrected chi connectivity index (χ0v) is 13.1. The Kier molecular flexibility index (Phi) is 4.97. The molecule has 0 heterocycles. The lowest BCUT2D eigenvalue weighted by Gasteiger charge is -2.36. The van der Waals surface area contributed by atoms with E-state index in [1.165, 1.54) is 50.5 Å². The predicted molar refractivity (Wildman–Crippen MR) is 87.5 cm³/mol. The van der Waals surface area contributed by atoms with Gasteiger partial charge in [-0.05, 0) is 50.0 Å². The van der Waals surface area contributed by atoms with Gasteiger partial charge in [0.2, 0.25) is 0 Å². The quantitative estimate of drug-likeness (QED) is 0.877. The highest BCUT2D eigenvalue weighted by Crippen LogP contribution is 2.33. The Hall–Kier alpha value is -0.860. The van der Waals surface area contributed by atoms with E-state index in [1.54, 1.807) is 0 Å². The van der Waals surface area contributed by atoms with Crippen molar-refractivity contribution in [2.75, 3.05) is 6.54 Å². The molecule has 0 radical (unpaired) electrons. The van der Waals surface area contributed by atoms with E-state index in [9.17, 15) is 5.11 Å². The highest BCUT2D eigenvalue weighted by molar-refractivity contribution is 5.20. The van der Waals surface area contributed by atoms with Crippen molar-refractivity contribution >= 4 is 0 Å². The molecule has 2 heteroatoms. The zero-order chi connectivity index (χ0) is 14.5. The summed E-state index contributed by atoms with van der Waals surface area (Å²) < 4.78 is 0. The number of nitrogens with one attached hydrogen (secondary N) is 1. The molecule has 0 saturated heterocycles. The first-order valence-corrected chi connectivity index (χ1v) is 8.76. The van der Waals surface area contributed by atoms with Crippen molar-refractivity contribution in [3.05, 3.63) is 35.9 Å². The number of hydrogen-bond acceptors (Lipinski definition) is 2. The number of hydrogen-bond donors (Lipinski definition) is 2. The van der Waals surface area contributed by atoms with Gasteiger partial charge >= 0.3 is 0 Å². The Labute approximate surface area is 129 Å². The lowest BCUT2D eigenvalue weighted by atomic mass is 9.81. The van der Waals surface area contributed by atoms with E-state index in [2.05, 4.69) is 35.6 Å². The van der Waals surface area contributed by atoms with Crippen LogP contribution in [0.25, 0.3) is 0 Å². The van der Waals surface area contributed by atoms with Crippen LogP contribution in [0.5, 0.6) is 0 Å². The molecular formula is C19H29NO. The van der Waals surface area contributed by atoms with Crippen LogP contribution < -0.4 is 5.32 Å². The van der Waals surface area contributed by atoms with Crippen molar-refractivity contribution < 1.29 is 5.11 Å². The maximum atomic E-state index is 10.6. The molecule has 1 aromatic rings. The molecule has 0 aromatic heterocycles. The summed E-state index contributed by atoms with van der Waals surface area (Å²) in [5.74, 6) is 0.738. The Morgan fingerprint density at radius 1 is 0.952 bits per heavy atom. The van der Waals surface area contributed by atoms with E-state index in [1.807, 2.05) is 0 Å². The maximum Gasteiger partial charge on any atom is 0.0771 e. The van der Waals surface area contributed by atoms with Crippen LogP contribution >= 0.6 is 0 Å². The van der Waals surface area contributed by atoms with Crippen molar-refractivity contribution in [1.29, 1.82) is 0 Å². The second-order valence-corrected chi connectivity index (χ2v) is 7.13. The van der Waals surface area contributed by atoms with Crippen molar-refractivity contribution in [3.8, 4) is 0 Å². The van der Waals surface area contributed by atoms with Crippen LogP contribution in [0, 0.1) is 0 Å². The summed E-state index contributed by atoms with van der Waals surface area (Å²) in [6, 6.07) is 11.5. The highest BCUT2D eigenvalue weighted by atomic mass is 16.3. The minimum atomic E-state index is -0.422. The lowest BCUT2D eigenvalue weighted by molar-refractivity contribution is 0.00155. The third-order valence-corrected chi connectivity index (χ3v) is 5.50. The lowest BCUT2D eigenvalue weighted by Crippen LogP contribution is -2.46. The number of benzene rings is 1. The summed E-state index contributed by atoms with van der Waals surface area (Å²) in [6.07, 6.45) is 10.7. The van der Waals surface area contributed by atoms with Gasteiger partial charge in [-0.3, -0.25) is 0 Å². The van der Waals surface area contributed by atoms with Gasteiger partial charge in [0.25, 0.3) is 0 Å². The topological polar surface area (TPSA) is 32.3 Å². The molecule has 1 aromatic carbocycles. The first-order chi connectivity index (χ1) is 10.3. The molecule has 0 amide bonds. The molecule has 0 atom stereocenters. The molecular weight excluding hydrogens is 258 g/mol. The van der Waals surface area contributed by atoms with E-state index in [4.69, 9.17) is 0 Å². The van der Waals surface area contributed by atoms with Gasteiger partial charge < -0.3 is 10.4 Å². The molecule has 0 bridgehead atoms. The van der Waals surface area contributed by atoms with E-state index in [-0.39, 0.29) is 0 Å². The second kappa shape index (κ2) is 6.93. The normalized spacial score (nSPS) is 29.2. The molecule has 0 unspecified atom stereocenters. The van der Waals surface area contributed by atoms with Gasteiger partial charge in [-0.1, -0.05) is 49.6 Å². The van der Waals surface area contributed by atoms with E-state index in [0.29, 0.717) is 6.04 Å². The zero-order valence-electron chi connectivity index (χ0n) is 13.1. The summed E-state index contributed by atoms with van der Waals surface area (Å²) in [7, 11) is 0. The van der Waals surface area contributed by atoms with Crippen molar-refractivity contribution in [2.45, 2.75) is 75.3 Å². The minimum absolute atomic E-state index is 0.422. The number of aliphatic hydroxyl groups is 1. The summed E-state index contributed by atoms with van der Waals surface area (Å²) in [6.45, 7) is 0.799. The smallest absolute Gasteiger partial charge is 0.0771 e. The monoisotopic (exact) mass is 287 g/mol. The molecule has 2 aliphatic rings. The van der Waals surface area contributed by atoms with Gasteiger partial charge in [0.05, 0.1) is 5.60 Å². The Balaban J connectivity index is 1.43. The molecule has 0 aliphatic heterocycles. The van der Waals surface area contributed by atoms with Gasteiger partial charge in [-0.2, -0.15) is 0 Å². The van der Waals surface area contributed by atoms with Crippen LogP contribution in [0.2, 0.25) is 0 Å². The first-order valence-electron chi connectivity index (χ1n) is 8.76. The molecule has 116 valence electrons. The summed E-state index contributed by atoms with van der Waals surface area (Å²) in [4.78, 5) is 0. The van der Waals surface area contributed by atoms with Crippen LogP contribution in [0.4, 0.5) is 0 Å². The van der Waals surface area contributed by atoms with Crippen LogP contribution in [0.15, 0.2) is 30.3 Å². The van der Waals surface area contributed by atoms with Gasteiger partial charge in [-0.15, -0.1) is 0 Å². The van der Waals surface area contributed by atoms with Crippen molar-refractivity contribution in [2.24, 2.45) is 0 Å². The van der Waals surface area contributed by atoms with Crippen LogP contribution in [0.1, 0.15) is 69.3 Å². The third kappa shape index (κ3) is 4.08. The standard InChI is InChI=1S/C19H29NO/c21-19(13-5-2-6-14-19)15-20-18-11-9-17(10-12-18)16-7-3-1-4-8-16/h1,3-4,7-8,17-18,20-21H,2,5-6,9-15H2. The minimum Gasteiger partial charge on any atom is -0.389 e. The second-order valence-electron chi connectivity index (χ2n) is 7.13. The largest absolute Gasteiger partial charge is 0.389 e. The van der Waals surface area contributed by atoms with Gasteiger partial charge in [-0.25, -0.2) is 0 Å². The van der Waals surface area contributed by atoms with Gasteiger partial charge in [0.1, 0.15) is 0 Å². The predicted octanol–water partition coefficient (Wildman–Crippen LogP) is 4.00. The highest BCUT2D eigenvalue weighted by Gasteiger charge is 2.30. The van der Waals surface area contributed by atoms with E-state index >= 15 is 0 Å². The molecule has 21 heavy (non-hydrogen) atoms. The van der Waals surface area contributed by atoms with E-state index < -0.39 is 5.60 Å². The fraction of sp³-hybridized carbons (Fsp3) is 0.684. The fourth-order valence-corrected chi connectivity index (χ4v) is 4.08. The molecule has 2 fully saturated rings. The Bertz CT molecular complexity index is 416. The Morgan fingerprint density at radius 3 is 2.29 bits per heavy atom. The summed E-state index contributed by atoms with van der Waals surface area (Å²) >= 11 is 0. The summed E-state index contributed by atoms with van der Waals surface area (Å²) in [5, 5.41) is 14.2. The molecule has 2 saturated carbocycles. The van der Waals surface area contributed by atoms with Gasteiger partial charge in [0.15, 0.2) is 0 Å². The van der Waals surface area contributed by atoms with Gasteiger partial charge in [0, 0.05) is 12.6 Å². The number of rotatable bonds is 4. The first kappa shape index (κ1) is 15.1. The van der Waals surface area contributed by atoms with Crippen LogP contribution in [-0.2, 0) is 0 Å². The van der Waals surface area contributed by atoms with Crippen molar-refractivity contribution in [3.63, 3.8) is 0 Å². The third-order valence-electron chi connectivity index (χ3n) is 5.50. The molecule has 2 nitrogen and oxygen atoms in total.